The Hall–Kier alpha value is -2.25. The Morgan fingerprint density at radius 3 is 2.19 bits per heavy atom. The average molecular weight is 538 g/mol. The maximum absolute atomic E-state index is 13.9. The number of benzene rings is 1. The van der Waals surface area contributed by atoms with Crippen LogP contribution in [0.2, 0.25) is 0 Å². The summed E-state index contributed by atoms with van der Waals surface area (Å²) in [5.41, 5.74) is -0.405. The topological polar surface area (TPSA) is 125 Å². The predicted octanol–water partition coefficient (Wildman–Crippen LogP) is 1.75. The Morgan fingerprint density at radius 1 is 1.08 bits per heavy atom. The van der Waals surface area contributed by atoms with Gasteiger partial charge in [-0.3, -0.25) is 14.9 Å². The summed E-state index contributed by atoms with van der Waals surface area (Å²) in [6, 6.07) is -2.07. The molecule has 2 aliphatic carbocycles. The number of rotatable bonds is 13. The quantitative estimate of drug-likeness (QED) is 0.284. The van der Waals surface area contributed by atoms with Gasteiger partial charge in [0.1, 0.15) is 17.9 Å². The second-order valence-corrected chi connectivity index (χ2v) is 11.7. The molecule has 2 unspecified atom stereocenters. The zero-order valence-electron chi connectivity index (χ0n) is 19.7. The van der Waals surface area contributed by atoms with Crippen LogP contribution in [0.4, 0.5) is 17.6 Å². The molecule has 2 fully saturated rings. The Morgan fingerprint density at radius 2 is 1.69 bits per heavy atom. The number of amides is 2. The molecule has 0 heterocycles. The number of carbonyl (C=O) groups is 2. The van der Waals surface area contributed by atoms with Gasteiger partial charge in [0.05, 0.1) is 17.5 Å². The number of aliphatic hydroxyl groups is 1. The number of nitrogens with one attached hydrogen (secondary N) is 3. The number of sulfone groups is 1. The minimum absolute atomic E-state index is 0.0627. The van der Waals surface area contributed by atoms with Crippen molar-refractivity contribution in [3.05, 3.63) is 35.6 Å². The lowest BCUT2D eigenvalue weighted by atomic mass is 10.0. The van der Waals surface area contributed by atoms with Gasteiger partial charge in [-0.05, 0) is 55.7 Å². The van der Waals surface area contributed by atoms with Crippen molar-refractivity contribution in [2.45, 2.75) is 75.5 Å². The number of aliphatic hydroxyl groups excluding tert-OH is 1. The zero-order chi connectivity index (χ0) is 26.7. The summed E-state index contributed by atoms with van der Waals surface area (Å²) in [6.07, 6.45) is -3.66. The second-order valence-electron chi connectivity index (χ2n) is 9.52. The van der Waals surface area contributed by atoms with Gasteiger partial charge in [0.25, 0.3) is 5.91 Å². The van der Waals surface area contributed by atoms with E-state index in [4.69, 9.17) is 0 Å². The summed E-state index contributed by atoms with van der Waals surface area (Å²) < 4.78 is 80.5. The first-order chi connectivity index (χ1) is 16.8. The molecule has 2 aliphatic rings. The second kappa shape index (κ2) is 11.4. The molecule has 1 aromatic carbocycles. The molecule has 36 heavy (non-hydrogen) atoms. The highest BCUT2D eigenvalue weighted by Crippen LogP contribution is 2.34. The van der Waals surface area contributed by atoms with Gasteiger partial charge >= 0.3 is 6.18 Å². The molecule has 2 saturated carbocycles. The molecule has 0 aliphatic heterocycles. The molecular weight excluding hydrogens is 506 g/mol. The smallest absolute Gasteiger partial charge is 0.381 e. The van der Waals surface area contributed by atoms with E-state index in [9.17, 15) is 40.7 Å². The first-order valence-electron chi connectivity index (χ1n) is 11.9. The molecule has 2 amide bonds. The van der Waals surface area contributed by atoms with Crippen LogP contribution in [0.15, 0.2) is 24.3 Å². The van der Waals surface area contributed by atoms with E-state index in [-0.39, 0.29) is 24.1 Å². The first-order valence-corrected chi connectivity index (χ1v) is 13.7. The molecule has 1 aromatic rings. The lowest BCUT2D eigenvalue weighted by molar-refractivity contribution is -0.160. The van der Waals surface area contributed by atoms with Crippen LogP contribution in [-0.4, -0.2) is 67.3 Å². The van der Waals surface area contributed by atoms with Gasteiger partial charge in [0, 0.05) is 6.04 Å². The molecule has 8 nitrogen and oxygen atoms in total. The molecule has 0 bridgehead atoms. The van der Waals surface area contributed by atoms with Crippen LogP contribution in [-0.2, 0) is 19.4 Å². The van der Waals surface area contributed by atoms with Gasteiger partial charge in [-0.2, -0.15) is 13.2 Å². The number of hydrogen-bond donors (Lipinski definition) is 4. The third-order valence-corrected chi connectivity index (χ3v) is 7.98. The van der Waals surface area contributed by atoms with Crippen molar-refractivity contribution in [1.82, 2.24) is 16.0 Å². The van der Waals surface area contributed by atoms with Gasteiger partial charge < -0.3 is 15.7 Å². The minimum Gasteiger partial charge on any atom is -0.381 e. The summed E-state index contributed by atoms with van der Waals surface area (Å²) in [5.74, 6) is -3.85. The average Bonchev–Trinajstić information content (AvgIpc) is 3.72. The van der Waals surface area contributed by atoms with Gasteiger partial charge in [-0.15, -0.1) is 0 Å². The molecule has 4 atom stereocenters. The van der Waals surface area contributed by atoms with Crippen LogP contribution >= 0.6 is 0 Å². The molecule has 3 rings (SSSR count). The van der Waals surface area contributed by atoms with Crippen LogP contribution in [0, 0.1) is 11.7 Å². The Kier molecular flexibility index (Phi) is 8.99. The Balaban J connectivity index is 1.82. The van der Waals surface area contributed by atoms with Crippen molar-refractivity contribution in [1.29, 1.82) is 0 Å². The molecule has 13 heteroatoms. The van der Waals surface area contributed by atoms with E-state index in [1.165, 1.54) is 0 Å². The first kappa shape index (κ1) is 28.3. The van der Waals surface area contributed by atoms with E-state index < -0.39 is 69.2 Å². The Bertz CT molecular complexity index is 1030. The van der Waals surface area contributed by atoms with Crippen LogP contribution in [0.25, 0.3) is 0 Å². The highest BCUT2D eigenvalue weighted by Gasteiger charge is 2.44. The number of halogens is 4. The third-order valence-electron chi connectivity index (χ3n) is 6.16. The van der Waals surface area contributed by atoms with E-state index in [0.717, 1.165) is 37.1 Å². The third kappa shape index (κ3) is 8.41. The van der Waals surface area contributed by atoms with Crippen LogP contribution in [0.3, 0.4) is 0 Å². The summed E-state index contributed by atoms with van der Waals surface area (Å²) >= 11 is 0. The van der Waals surface area contributed by atoms with Crippen molar-refractivity contribution >= 4 is 21.7 Å². The van der Waals surface area contributed by atoms with Crippen molar-refractivity contribution in [3.8, 4) is 0 Å². The fourth-order valence-electron chi connectivity index (χ4n) is 3.79. The lowest BCUT2D eigenvalue weighted by Gasteiger charge is -2.29. The van der Waals surface area contributed by atoms with Crippen LogP contribution in [0.1, 0.15) is 50.6 Å². The van der Waals surface area contributed by atoms with E-state index in [2.05, 4.69) is 16.0 Å². The molecule has 0 spiro atoms. The summed E-state index contributed by atoms with van der Waals surface area (Å²) in [7, 11) is -3.92. The molecular formula is C23H31F4N3O5S. The van der Waals surface area contributed by atoms with Crippen molar-refractivity contribution in [3.63, 3.8) is 0 Å². The van der Waals surface area contributed by atoms with Crippen molar-refractivity contribution in [2.24, 2.45) is 5.92 Å². The number of alkyl halides is 3. The van der Waals surface area contributed by atoms with E-state index in [1.807, 2.05) is 0 Å². The monoisotopic (exact) mass is 537 g/mol. The maximum Gasteiger partial charge on any atom is 0.407 e. The van der Waals surface area contributed by atoms with E-state index in [1.54, 1.807) is 6.92 Å². The molecule has 202 valence electrons. The van der Waals surface area contributed by atoms with E-state index >= 15 is 0 Å². The molecule has 0 radical (unpaired) electrons. The van der Waals surface area contributed by atoms with Crippen LogP contribution in [0.5, 0.6) is 0 Å². The molecule has 0 saturated heterocycles. The van der Waals surface area contributed by atoms with Gasteiger partial charge in [0.2, 0.25) is 5.91 Å². The minimum atomic E-state index is -4.94. The summed E-state index contributed by atoms with van der Waals surface area (Å²) in [6.45, 7) is 1.56. The largest absolute Gasteiger partial charge is 0.407 e. The normalized spacial score (nSPS) is 19.7. The lowest BCUT2D eigenvalue weighted by Crippen LogP contribution is -2.57. The molecule has 0 aromatic heterocycles. The summed E-state index contributed by atoms with van der Waals surface area (Å²) in [5, 5.41) is 17.4. The fraction of sp³-hybridized carbons (Fsp3) is 0.652. The van der Waals surface area contributed by atoms with Crippen LogP contribution < -0.4 is 16.0 Å². The van der Waals surface area contributed by atoms with Gasteiger partial charge in [-0.25, -0.2) is 12.8 Å². The zero-order valence-corrected chi connectivity index (χ0v) is 20.5. The number of carbonyl (C=O) groups excluding carboxylic acids is 2. The standard InChI is InChI=1S/C23H31F4N3O5S/c1-2-17(19(31)22(33)28-16-9-10-16)30-21(32)18(12-36(34,35)11-13-3-4-13)29-20(23(25,26)27)14-5-7-15(24)8-6-14/h5-8,13,16-20,29,31H,2-4,9-12H2,1H3,(H,28,33)(H,30,32)/t17?,18-,19?,20-/m0/s1. The SMILES string of the molecule is CCC(NC(=O)[C@H](CS(=O)(=O)CC1CC1)N[C@@H](c1ccc(F)cc1)C(F)(F)F)C(O)C(=O)NC1CC1. The van der Waals surface area contributed by atoms with Crippen molar-refractivity contribution < 1.29 is 40.7 Å². The van der Waals surface area contributed by atoms with Gasteiger partial charge in [-0.1, -0.05) is 19.1 Å². The van der Waals surface area contributed by atoms with E-state index in [0.29, 0.717) is 12.8 Å². The highest BCUT2D eigenvalue weighted by molar-refractivity contribution is 7.91. The van der Waals surface area contributed by atoms with Gasteiger partial charge in [0.15, 0.2) is 15.9 Å². The number of hydrogen-bond acceptors (Lipinski definition) is 6. The molecule has 4 N–H and O–H groups in total. The fourth-order valence-corrected chi connectivity index (χ4v) is 5.73. The predicted molar refractivity (Wildman–Crippen MR) is 123 cm³/mol. The Labute approximate surface area is 207 Å². The highest BCUT2D eigenvalue weighted by atomic mass is 32.2. The maximum atomic E-state index is 13.9. The van der Waals surface area contributed by atoms with Crippen molar-refractivity contribution in [2.75, 3.05) is 11.5 Å². The summed E-state index contributed by atoms with van der Waals surface area (Å²) in [4.78, 5) is 25.3.